The molecule has 0 bridgehead atoms. The molecule has 13 nitrogen and oxygen atoms in total. The van der Waals surface area contributed by atoms with E-state index in [1.807, 2.05) is 5.48 Å². The van der Waals surface area contributed by atoms with Gasteiger partial charge < -0.3 is 31.6 Å². The summed E-state index contributed by atoms with van der Waals surface area (Å²) in [6.07, 6.45) is 0.878. The summed E-state index contributed by atoms with van der Waals surface area (Å²) in [5.41, 5.74) is 6.74. The van der Waals surface area contributed by atoms with Crippen molar-refractivity contribution in [3.05, 3.63) is 0 Å². The van der Waals surface area contributed by atoms with Crippen molar-refractivity contribution in [2.24, 2.45) is 32.9 Å². The lowest BCUT2D eigenvalue weighted by molar-refractivity contribution is -0.170. The summed E-state index contributed by atoms with van der Waals surface area (Å²) >= 11 is 0. The van der Waals surface area contributed by atoms with E-state index in [4.69, 9.17) is 4.84 Å². The molecule has 0 saturated carbocycles. The Morgan fingerprint density at radius 2 is 1.47 bits per heavy atom. The summed E-state index contributed by atoms with van der Waals surface area (Å²) in [7, 11) is 4.31. The van der Waals surface area contributed by atoms with Crippen molar-refractivity contribution < 1.29 is 38.8 Å². The SMILES string of the molecule is CCC(C)(CC(C)(CC(C)(C)C(=O)ON=C=O)C(=O)ONC(=O)NC)C(=O)O.CN.CN. The van der Waals surface area contributed by atoms with Gasteiger partial charge in [0.2, 0.25) is 0 Å². The lowest BCUT2D eigenvalue weighted by Crippen LogP contribution is -2.46. The first-order valence-electron chi connectivity index (χ1n) is 9.64. The van der Waals surface area contributed by atoms with Crippen molar-refractivity contribution in [2.45, 2.75) is 53.9 Å². The number of isocyanates is 1. The van der Waals surface area contributed by atoms with Crippen LogP contribution in [-0.2, 0) is 28.9 Å². The second-order valence-electron chi connectivity index (χ2n) is 7.65. The van der Waals surface area contributed by atoms with Crippen LogP contribution in [0.2, 0.25) is 0 Å². The topological polar surface area (TPSA) is 212 Å². The highest BCUT2D eigenvalue weighted by molar-refractivity contribution is 5.83. The average molecular weight is 464 g/mol. The zero-order valence-electron chi connectivity index (χ0n) is 20.0. The molecule has 2 atom stereocenters. The first-order chi connectivity index (χ1) is 14.8. The summed E-state index contributed by atoms with van der Waals surface area (Å²) in [5.74, 6) is -2.97. The Labute approximate surface area is 188 Å². The molecule has 0 aromatic carbocycles. The van der Waals surface area contributed by atoms with E-state index in [1.54, 1.807) is 6.92 Å². The fourth-order valence-electron chi connectivity index (χ4n) is 2.92. The summed E-state index contributed by atoms with van der Waals surface area (Å²) in [4.78, 5) is 67.3. The largest absolute Gasteiger partial charge is 0.481 e. The van der Waals surface area contributed by atoms with Crippen LogP contribution in [0.4, 0.5) is 4.79 Å². The Hall–Kier alpha value is -3.02. The number of amides is 2. The maximum absolute atomic E-state index is 12.7. The molecular formula is C19H37N5O8. The number of aliphatic carboxylic acids is 1. The minimum Gasteiger partial charge on any atom is -0.481 e. The molecule has 0 aliphatic rings. The van der Waals surface area contributed by atoms with Crippen molar-refractivity contribution >= 4 is 30.0 Å². The molecule has 0 spiro atoms. The number of hydrogen-bond acceptors (Lipinski definition) is 10. The van der Waals surface area contributed by atoms with Crippen LogP contribution in [0.25, 0.3) is 0 Å². The van der Waals surface area contributed by atoms with Gasteiger partial charge in [-0.1, -0.05) is 6.92 Å². The van der Waals surface area contributed by atoms with Gasteiger partial charge in [0, 0.05) is 12.2 Å². The van der Waals surface area contributed by atoms with Crippen LogP contribution < -0.4 is 22.3 Å². The highest BCUT2D eigenvalue weighted by Gasteiger charge is 2.50. The third-order valence-electron chi connectivity index (χ3n) is 4.58. The van der Waals surface area contributed by atoms with E-state index in [-0.39, 0.29) is 19.3 Å². The van der Waals surface area contributed by atoms with Gasteiger partial charge in [0.15, 0.2) is 0 Å². The smallest absolute Gasteiger partial charge is 0.347 e. The number of rotatable bonds is 9. The number of nitrogens with one attached hydrogen (secondary N) is 2. The second-order valence-corrected chi connectivity index (χ2v) is 7.65. The van der Waals surface area contributed by atoms with Crippen molar-refractivity contribution in [2.75, 3.05) is 21.1 Å². The number of carboxylic acids is 1. The van der Waals surface area contributed by atoms with E-state index in [2.05, 4.69) is 26.8 Å². The number of hydroxylamine groups is 1. The van der Waals surface area contributed by atoms with Gasteiger partial charge in [0.1, 0.15) is 0 Å². The van der Waals surface area contributed by atoms with Gasteiger partial charge in [-0.15, -0.1) is 0 Å². The Kier molecular flexibility index (Phi) is 16.5. The third-order valence-corrected chi connectivity index (χ3v) is 4.58. The minimum atomic E-state index is -1.50. The zero-order chi connectivity index (χ0) is 26.2. The number of hydrogen-bond donors (Lipinski definition) is 5. The molecule has 2 unspecified atom stereocenters. The minimum absolute atomic E-state index is 0.187. The number of urea groups is 1. The quantitative estimate of drug-likeness (QED) is 0.139. The van der Waals surface area contributed by atoms with Gasteiger partial charge in [-0.25, -0.2) is 19.2 Å². The molecule has 0 saturated heterocycles. The van der Waals surface area contributed by atoms with Gasteiger partial charge in [-0.2, -0.15) is 5.48 Å². The van der Waals surface area contributed by atoms with Crippen LogP contribution in [-0.4, -0.2) is 56.3 Å². The van der Waals surface area contributed by atoms with E-state index < -0.39 is 40.2 Å². The van der Waals surface area contributed by atoms with Crippen molar-refractivity contribution in [3.63, 3.8) is 0 Å². The molecule has 0 aromatic heterocycles. The monoisotopic (exact) mass is 463 g/mol. The van der Waals surface area contributed by atoms with Crippen LogP contribution in [0.15, 0.2) is 5.16 Å². The number of carbonyl (C=O) groups is 4. The fourth-order valence-corrected chi connectivity index (χ4v) is 2.92. The van der Waals surface area contributed by atoms with E-state index in [0.29, 0.717) is 0 Å². The molecule has 0 aromatic rings. The Morgan fingerprint density at radius 1 is 0.969 bits per heavy atom. The molecule has 2 amide bonds. The van der Waals surface area contributed by atoms with Crippen LogP contribution in [0.1, 0.15) is 53.9 Å². The van der Waals surface area contributed by atoms with Gasteiger partial charge in [-0.05, 0) is 61.1 Å². The Morgan fingerprint density at radius 3 is 1.84 bits per heavy atom. The first kappa shape index (κ1) is 33.6. The summed E-state index contributed by atoms with van der Waals surface area (Å²) in [6.45, 7) is 7.43. The third kappa shape index (κ3) is 10.8. The second kappa shape index (κ2) is 15.7. The van der Waals surface area contributed by atoms with Crippen LogP contribution in [0.5, 0.6) is 0 Å². The maximum Gasteiger partial charge on any atom is 0.347 e. The predicted octanol–water partition coefficient (Wildman–Crippen LogP) is 0.631. The highest BCUT2D eigenvalue weighted by Crippen LogP contribution is 2.45. The molecule has 0 radical (unpaired) electrons. The normalized spacial score (nSPS) is 13.6. The fraction of sp³-hybridized carbons (Fsp3) is 0.737. The molecule has 0 aliphatic carbocycles. The average Bonchev–Trinajstić information content (AvgIpc) is 2.77. The predicted molar refractivity (Wildman–Crippen MR) is 115 cm³/mol. The van der Waals surface area contributed by atoms with E-state index in [9.17, 15) is 29.1 Å². The van der Waals surface area contributed by atoms with E-state index in [1.165, 1.54) is 48.8 Å². The molecular weight excluding hydrogens is 426 g/mol. The molecule has 7 N–H and O–H groups in total. The summed E-state index contributed by atoms with van der Waals surface area (Å²) in [6, 6.07) is -0.786. The van der Waals surface area contributed by atoms with E-state index in [0.717, 1.165) is 6.08 Å². The first-order valence-corrected chi connectivity index (χ1v) is 9.64. The van der Waals surface area contributed by atoms with Gasteiger partial charge in [0.05, 0.1) is 16.2 Å². The molecule has 13 heteroatoms. The Balaban J connectivity index is -0.00000198. The molecule has 0 fully saturated rings. The van der Waals surface area contributed by atoms with Gasteiger partial charge >= 0.3 is 23.9 Å². The highest BCUT2D eigenvalue weighted by atomic mass is 16.7. The number of nitrogens with two attached hydrogens (primary N) is 2. The van der Waals surface area contributed by atoms with Crippen LogP contribution in [0, 0.1) is 16.2 Å². The molecule has 0 heterocycles. The van der Waals surface area contributed by atoms with Crippen LogP contribution in [0.3, 0.4) is 0 Å². The lowest BCUT2D eigenvalue weighted by atomic mass is 9.65. The van der Waals surface area contributed by atoms with Crippen LogP contribution >= 0.6 is 0 Å². The molecule has 32 heavy (non-hydrogen) atoms. The number of carboxylic acid groups (broad SMARTS) is 1. The van der Waals surface area contributed by atoms with Gasteiger partial charge in [-0.3, -0.25) is 4.79 Å². The number of carbonyl (C=O) groups excluding carboxylic acids is 4. The number of nitrogens with zero attached hydrogens (tertiary/aromatic N) is 1. The standard InChI is InChI=1S/C17H27N3O8.2CH5N/c1-7-16(4,11(22)23)9-17(5,13(25)28-20-14(26)18-6)8-15(2,3)12(24)27-19-10-21;2*1-2/h7-9H2,1-6H3,(H,22,23)(H2,18,20,26);2*2H2,1H3. The van der Waals surface area contributed by atoms with Crippen molar-refractivity contribution in [1.82, 2.24) is 10.8 Å². The van der Waals surface area contributed by atoms with Gasteiger partial charge in [0.25, 0.3) is 6.08 Å². The van der Waals surface area contributed by atoms with Crippen molar-refractivity contribution in [3.8, 4) is 0 Å². The zero-order valence-corrected chi connectivity index (χ0v) is 20.0. The molecule has 186 valence electrons. The summed E-state index contributed by atoms with van der Waals surface area (Å²) < 4.78 is 0. The molecule has 0 rings (SSSR count). The summed E-state index contributed by atoms with van der Waals surface area (Å²) in [5, 5.41) is 14.5. The maximum atomic E-state index is 12.7. The molecule has 0 aliphatic heterocycles. The Bertz CT molecular complexity index is 679. The van der Waals surface area contributed by atoms with E-state index >= 15 is 0 Å². The van der Waals surface area contributed by atoms with Crippen molar-refractivity contribution in [1.29, 1.82) is 0 Å². The lowest BCUT2D eigenvalue weighted by Gasteiger charge is -2.38.